The minimum absolute atomic E-state index is 0.0120. The Morgan fingerprint density at radius 2 is 1.34 bits per heavy atom. The molecule has 0 rings (SSSR count). The Hall–Kier alpha value is -1.02. The molecule has 172 valence electrons. The Bertz CT molecular complexity index is 422. The van der Waals surface area contributed by atoms with Crippen LogP contribution in [0.2, 0.25) is 0 Å². The van der Waals surface area contributed by atoms with Gasteiger partial charge in [-0.1, -0.05) is 33.6 Å². The summed E-state index contributed by atoms with van der Waals surface area (Å²) in [6, 6.07) is 0.110. The van der Waals surface area contributed by atoms with E-state index in [-0.39, 0.29) is 23.1 Å². The SMILES string of the molecule is COCCOCCC(=O)CCCCCC(NC(=O)CCOCCOC)C(C)(C)C. The second-order valence-corrected chi connectivity index (χ2v) is 8.33. The molecule has 0 saturated carbocycles. The van der Waals surface area contributed by atoms with E-state index < -0.39 is 0 Å². The third kappa shape index (κ3) is 17.5. The Morgan fingerprint density at radius 1 is 0.759 bits per heavy atom. The second kappa shape index (κ2) is 17.8. The van der Waals surface area contributed by atoms with E-state index >= 15 is 0 Å². The van der Waals surface area contributed by atoms with Gasteiger partial charge >= 0.3 is 0 Å². The van der Waals surface area contributed by atoms with Gasteiger partial charge in [0, 0.05) is 39.5 Å². The molecule has 0 spiro atoms. The van der Waals surface area contributed by atoms with Gasteiger partial charge in [-0.2, -0.15) is 0 Å². The fraction of sp³-hybridized carbons (Fsp3) is 0.909. The van der Waals surface area contributed by atoms with Crippen molar-refractivity contribution in [1.82, 2.24) is 5.32 Å². The highest BCUT2D eigenvalue weighted by molar-refractivity contribution is 5.78. The minimum atomic E-state index is -0.0120. The number of carbonyl (C=O) groups excluding carboxylic acids is 2. The molecule has 0 saturated heterocycles. The summed E-state index contributed by atoms with van der Waals surface area (Å²) >= 11 is 0. The van der Waals surface area contributed by atoms with Crippen LogP contribution in [0.5, 0.6) is 0 Å². The summed E-state index contributed by atoms with van der Waals surface area (Å²) in [6.07, 6.45) is 5.19. The fourth-order valence-corrected chi connectivity index (χ4v) is 2.80. The standard InChI is InChI=1S/C22H43NO6/c1-22(2,3)20(23-21(25)12-14-29-18-16-27-5)10-8-6-7-9-19(24)11-13-28-17-15-26-4/h20H,6-18H2,1-5H3,(H,23,25). The number of hydrogen-bond donors (Lipinski definition) is 1. The van der Waals surface area contributed by atoms with Crippen molar-refractivity contribution in [2.75, 3.05) is 53.9 Å². The number of rotatable bonds is 19. The highest BCUT2D eigenvalue weighted by atomic mass is 16.5. The van der Waals surface area contributed by atoms with Gasteiger partial charge in [0.25, 0.3) is 0 Å². The van der Waals surface area contributed by atoms with E-state index in [2.05, 4.69) is 26.1 Å². The number of nitrogens with one attached hydrogen (secondary N) is 1. The normalized spacial score (nSPS) is 12.7. The lowest BCUT2D eigenvalue weighted by atomic mass is 9.83. The molecule has 1 unspecified atom stereocenters. The Balaban J connectivity index is 3.95. The van der Waals surface area contributed by atoms with Crippen molar-refractivity contribution in [1.29, 1.82) is 0 Å². The molecule has 1 atom stereocenters. The fourth-order valence-electron chi connectivity index (χ4n) is 2.80. The van der Waals surface area contributed by atoms with Crippen molar-refractivity contribution >= 4 is 11.7 Å². The van der Waals surface area contributed by atoms with Gasteiger partial charge in [0.2, 0.25) is 5.91 Å². The summed E-state index contributed by atoms with van der Waals surface area (Å²) in [5.41, 5.74) is -0.0120. The van der Waals surface area contributed by atoms with E-state index in [9.17, 15) is 9.59 Å². The number of carbonyl (C=O) groups is 2. The molecule has 0 radical (unpaired) electrons. The van der Waals surface area contributed by atoms with Gasteiger partial charge in [-0.15, -0.1) is 0 Å². The van der Waals surface area contributed by atoms with Crippen molar-refractivity contribution in [2.45, 2.75) is 71.8 Å². The van der Waals surface area contributed by atoms with Crippen LogP contribution >= 0.6 is 0 Å². The quantitative estimate of drug-likeness (QED) is 0.325. The molecule has 1 N–H and O–H groups in total. The molecule has 0 bridgehead atoms. The first-order chi connectivity index (χ1) is 13.8. The zero-order chi connectivity index (χ0) is 22.0. The number of methoxy groups -OCH3 is 2. The van der Waals surface area contributed by atoms with Crippen LogP contribution in [0.4, 0.5) is 0 Å². The zero-order valence-electron chi connectivity index (χ0n) is 19.2. The van der Waals surface area contributed by atoms with Crippen LogP contribution < -0.4 is 5.32 Å². The summed E-state index contributed by atoms with van der Waals surface area (Å²) in [4.78, 5) is 24.0. The summed E-state index contributed by atoms with van der Waals surface area (Å²) < 4.78 is 20.5. The lowest BCUT2D eigenvalue weighted by Crippen LogP contribution is -2.44. The Morgan fingerprint density at radius 3 is 1.90 bits per heavy atom. The van der Waals surface area contributed by atoms with E-state index in [0.29, 0.717) is 58.9 Å². The van der Waals surface area contributed by atoms with E-state index in [1.54, 1.807) is 14.2 Å². The number of ether oxygens (including phenoxy) is 4. The van der Waals surface area contributed by atoms with Gasteiger partial charge in [-0.3, -0.25) is 9.59 Å². The maximum absolute atomic E-state index is 12.2. The van der Waals surface area contributed by atoms with Crippen molar-refractivity contribution in [3.8, 4) is 0 Å². The molecule has 0 aromatic heterocycles. The molecule has 0 fully saturated rings. The highest BCUT2D eigenvalue weighted by Crippen LogP contribution is 2.24. The summed E-state index contributed by atoms with van der Waals surface area (Å²) in [7, 11) is 3.25. The predicted octanol–water partition coefficient (Wildman–Crippen LogP) is 3.14. The van der Waals surface area contributed by atoms with Gasteiger partial charge < -0.3 is 24.3 Å². The first kappa shape index (κ1) is 28.0. The molecule has 1 amide bonds. The third-order valence-electron chi connectivity index (χ3n) is 4.69. The molecule has 0 aliphatic rings. The molecular formula is C22H43NO6. The Labute approximate surface area is 177 Å². The van der Waals surface area contributed by atoms with Crippen molar-refractivity contribution in [2.24, 2.45) is 5.41 Å². The number of amides is 1. The maximum Gasteiger partial charge on any atom is 0.222 e. The van der Waals surface area contributed by atoms with Gasteiger partial charge in [-0.25, -0.2) is 0 Å². The number of unbranched alkanes of at least 4 members (excludes halogenated alkanes) is 2. The second-order valence-electron chi connectivity index (χ2n) is 8.33. The van der Waals surface area contributed by atoms with Crippen LogP contribution in [0.3, 0.4) is 0 Å². The number of Topliss-reactive ketones (excluding diaryl/α,β-unsaturated/α-hetero) is 1. The number of hydrogen-bond acceptors (Lipinski definition) is 6. The molecule has 0 aliphatic carbocycles. The lowest BCUT2D eigenvalue weighted by molar-refractivity contribution is -0.124. The van der Waals surface area contributed by atoms with Gasteiger partial charge in [0.05, 0.1) is 39.6 Å². The summed E-state index contributed by atoms with van der Waals surface area (Å²) in [5.74, 6) is 0.266. The Kier molecular flexibility index (Phi) is 17.2. The van der Waals surface area contributed by atoms with E-state index in [4.69, 9.17) is 18.9 Å². The van der Waals surface area contributed by atoms with Crippen molar-refractivity contribution in [3.05, 3.63) is 0 Å². The monoisotopic (exact) mass is 417 g/mol. The average Bonchev–Trinajstić information content (AvgIpc) is 2.65. The van der Waals surface area contributed by atoms with E-state index in [1.165, 1.54) is 0 Å². The lowest BCUT2D eigenvalue weighted by Gasteiger charge is -2.31. The molecule has 0 heterocycles. The average molecular weight is 418 g/mol. The zero-order valence-corrected chi connectivity index (χ0v) is 19.2. The van der Waals surface area contributed by atoms with Crippen molar-refractivity contribution < 1.29 is 28.5 Å². The van der Waals surface area contributed by atoms with E-state index in [0.717, 1.165) is 25.7 Å². The third-order valence-corrected chi connectivity index (χ3v) is 4.69. The minimum Gasteiger partial charge on any atom is -0.382 e. The number of ketones is 1. The summed E-state index contributed by atoms with van der Waals surface area (Å²) in [6.45, 7) is 9.42. The van der Waals surface area contributed by atoms with Crippen LogP contribution in [0.25, 0.3) is 0 Å². The molecular weight excluding hydrogens is 374 g/mol. The van der Waals surface area contributed by atoms with Gasteiger partial charge in [0.1, 0.15) is 5.78 Å². The van der Waals surface area contributed by atoms with Gasteiger partial charge in [-0.05, 0) is 18.3 Å². The van der Waals surface area contributed by atoms with Crippen LogP contribution in [-0.4, -0.2) is 71.6 Å². The van der Waals surface area contributed by atoms with E-state index in [1.807, 2.05) is 0 Å². The predicted molar refractivity (Wildman–Crippen MR) is 114 cm³/mol. The largest absolute Gasteiger partial charge is 0.382 e. The van der Waals surface area contributed by atoms with Gasteiger partial charge in [0.15, 0.2) is 0 Å². The van der Waals surface area contributed by atoms with Crippen LogP contribution in [0, 0.1) is 5.41 Å². The van der Waals surface area contributed by atoms with Crippen molar-refractivity contribution in [3.63, 3.8) is 0 Å². The molecule has 0 aliphatic heterocycles. The smallest absolute Gasteiger partial charge is 0.222 e. The molecule has 7 nitrogen and oxygen atoms in total. The van der Waals surface area contributed by atoms with Crippen LogP contribution in [-0.2, 0) is 28.5 Å². The first-order valence-electron chi connectivity index (χ1n) is 10.8. The van der Waals surface area contributed by atoms with Crippen LogP contribution in [0.1, 0.15) is 65.7 Å². The molecule has 0 aromatic carbocycles. The highest BCUT2D eigenvalue weighted by Gasteiger charge is 2.25. The topological polar surface area (TPSA) is 83.1 Å². The van der Waals surface area contributed by atoms with Crippen LogP contribution in [0.15, 0.2) is 0 Å². The molecule has 29 heavy (non-hydrogen) atoms. The molecule has 7 heteroatoms. The molecule has 0 aromatic rings. The first-order valence-corrected chi connectivity index (χ1v) is 10.8. The summed E-state index contributed by atoms with van der Waals surface area (Å²) in [5, 5.41) is 3.15. The maximum atomic E-state index is 12.2.